The molecule has 0 radical (unpaired) electrons. The largest absolute Gasteiger partial charge is 0.485 e. The zero-order valence-corrected chi connectivity index (χ0v) is 16.4. The van der Waals surface area contributed by atoms with Gasteiger partial charge >= 0.3 is 0 Å². The Morgan fingerprint density at radius 2 is 2.04 bits per heavy atom. The topological polar surface area (TPSA) is 58.6 Å². The number of aliphatic hydroxyl groups excluding tert-OH is 1. The third-order valence-corrected chi connectivity index (χ3v) is 5.29. The van der Waals surface area contributed by atoms with E-state index in [1.807, 2.05) is 25.1 Å². The Balaban J connectivity index is 1.97. The van der Waals surface area contributed by atoms with Gasteiger partial charge in [-0.2, -0.15) is 0 Å². The Labute approximate surface area is 160 Å². The number of hydrogen-bond donors (Lipinski definition) is 2. The Kier molecular flexibility index (Phi) is 5.08. The van der Waals surface area contributed by atoms with Gasteiger partial charge in [0.05, 0.1) is 10.5 Å². The second-order valence-corrected chi connectivity index (χ2v) is 7.81. The van der Waals surface area contributed by atoms with Crippen LogP contribution in [0.25, 0.3) is 0 Å². The van der Waals surface area contributed by atoms with Crippen molar-refractivity contribution >= 4 is 21.8 Å². The molecule has 1 heterocycles. The lowest BCUT2D eigenvalue weighted by molar-refractivity contribution is -0.0628. The van der Waals surface area contributed by atoms with Crippen molar-refractivity contribution < 1.29 is 19.0 Å². The van der Waals surface area contributed by atoms with Crippen molar-refractivity contribution in [3.8, 4) is 5.75 Å². The standard InChI is InChI=1S/C20H21BrFNO3/c1-4-11-5-8-16-13(9-11)17(18(24)20(2,3)26-16)23-19(25)12-6-7-15(22)14(21)10-12/h5-10,17-18,24H,4H2,1-3H3,(H,23,25). The number of aryl methyl sites for hydroxylation is 1. The van der Waals surface area contributed by atoms with Gasteiger partial charge in [-0.1, -0.05) is 13.0 Å². The highest BCUT2D eigenvalue weighted by molar-refractivity contribution is 9.10. The summed E-state index contributed by atoms with van der Waals surface area (Å²) in [5.41, 5.74) is 1.28. The number of aliphatic hydroxyl groups is 1. The third-order valence-electron chi connectivity index (χ3n) is 4.69. The molecule has 0 aliphatic carbocycles. The number of rotatable bonds is 3. The summed E-state index contributed by atoms with van der Waals surface area (Å²) in [5, 5.41) is 13.7. The molecule has 0 bridgehead atoms. The lowest BCUT2D eigenvalue weighted by Crippen LogP contribution is -2.53. The van der Waals surface area contributed by atoms with Gasteiger partial charge in [-0.25, -0.2) is 4.39 Å². The van der Waals surface area contributed by atoms with Gasteiger partial charge in [0.2, 0.25) is 0 Å². The van der Waals surface area contributed by atoms with E-state index in [1.165, 1.54) is 18.2 Å². The van der Waals surface area contributed by atoms with Gasteiger partial charge in [-0.3, -0.25) is 4.79 Å². The molecule has 1 aliphatic heterocycles. The van der Waals surface area contributed by atoms with Gasteiger partial charge in [-0.05, 0) is 72.1 Å². The number of carbonyl (C=O) groups excluding carboxylic acids is 1. The van der Waals surface area contributed by atoms with E-state index in [2.05, 4.69) is 21.2 Å². The first-order valence-corrected chi connectivity index (χ1v) is 9.28. The number of fused-ring (bicyclic) bond motifs is 1. The van der Waals surface area contributed by atoms with E-state index in [-0.39, 0.29) is 10.4 Å². The number of benzene rings is 2. The summed E-state index contributed by atoms with van der Waals surface area (Å²) >= 11 is 3.09. The zero-order valence-electron chi connectivity index (χ0n) is 14.8. The SMILES string of the molecule is CCc1ccc2c(c1)C(NC(=O)c1ccc(F)c(Br)c1)C(O)C(C)(C)O2. The molecule has 1 amide bonds. The summed E-state index contributed by atoms with van der Waals surface area (Å²) in [6, 6.07) is 9.22. The molecule has 2 N–H and O–H groups in total. The van der Waals surface area contributed by atoms with E-state index in [1.54, 1.807) is 13.8 Å². The van der Waals surface area contributed by atoms with Crippen LogP contribution in [0.2, 0.25) is 0 Å². The highest BCUT2D eigenvalue weighted by Crippen LogP contribution is 2.40. The fourth-order valence-electron chi connectivity index (χ4n) is 3.09. The first kappa shape index (κ1) is 18.9. The number of hydrogen-bond acceptors (Lipinski definition) is 3. The Hall–Kier alpha value is -1.92. The quantitative estimate of drug-likeness (QED) is 0.782. The van der Waals surface area contributed by atoms with Crippen LogP contribution in [-0.2, 0) is 6.42 Å². The molecule has 0 saturated carbocycles. The monoisotopic (exact) mass is 421 g/mol. The molecule has 0 spiro atoms. The summed E-state index contributed by atoms with van der Waals surface area (Å²) in [6.07, 6.45) is -0.104. The van der Waals surface area contributed by atoms with Crippen LogP contribution in [0.15, 0.2) is 40.9 Å². The molecule has 2 aromatic rings. The highest BCUT2D eigenvalue weighted by Gasteiger charge is 2.43. The summed E-state index contributed by atoms with van der Waals surface area (Å²) < 4.78 is 19.6. The molecule has 3 rings (SSSR count). The first-order chi connectivity index (χ1) is 12.2. The van der Waals surface area contributed by atoms with Crippen LogP contribution in [0, 0.1) is 5.82 Å². The minimum Gasteiger partial charge on any atom is -0.485 e. The molecule has 2 aromatic carbocycles. The van der Waals surface area contributed by atoms with Crippen molar-refractivity contribution in [3.63, 3.8) is 0 Å². The number of ether oxygens (including phenoxy) is 1. The minimum absolute atomic E-state index is 0.215. The van der Waals surface area contributed by atoms with Crippen molar-refractivity contribution in [2.75, 3.05) is 0 Å². The predicted octanol–water partition coefficient (Wildman–Crippen LogP) is 4.15. The normalized spacial score (nSPS) is 20.8. The molecule has 26 heavy (non-hydrogen) atoms. The van der Waals surface area contributed by atoms with Crippen molar-refractivity contribution in [3.05, 3.63) is 63.4 Å². The summed E-state index contributed by atoms with van der Waals surface area (Å²) in [6.45, 7) is 5.60. The molecule has 2 atom stereocenters. The fourth-order valence-corrected chi connectivity index (χ4v) is 3.47. The molecule has 0 fully saturated rings. The van der Waals surface area contributed by atoms with Gasteiger partial charge in [0.1, 0.15) is 23.3 Å². The Morgan fingerprint density at radius 1 is 1.31 bits per heavy atom. The van der Waals surface area contributed by atoms with E-state index >= 15 is 0 Å². The van der Waals surface area contributed by atoms with Crippen LogP contribution >= 0.6 is 15.9 Å². The maximum Gasteiger partial charge on any atom is 0.251 e. The molecular weight excluding hydrogens is 401 g/mol. The van der Waals surface area contributed by atoms with Crippen LogP contribution in [0.1, 0.15) is 48.3 Å². The smallest absolute Gasteiger partial charge is 0.251 e. The molecule has 6 heteroatoms. The van der Waals surface area contributed by atoms with E-state index in [0.29, 0.717) is 11.3 Å². The molecule has 138 valence electrons. The van der Waals surface area contributed by atoms with Crippen molar-refractivity contribution in [1.29, 1.82) is 0 Å². The van der Waals surface area contributed by atoms with Crippen LogP contribution in [0.3, 0.4) is 0 Å². The van der Waals surface area contributed by atoms with E-state index in [4.69, 9.17) is 4.74 Å². The number of halogens is 2. The number of carbonyl (C=O) groups is 1. The molecule has 4 nitrogen and oxygen atoms in total. The Morgan fingerprint density at radius 3 is 2.69 bits per heavy atom. The molecular formula is C20H21BrFNO3. The van der Waals surface area contributed by atoms with E-state index in [0.717, 1.165) is 17.5 Å². The third kappa shape index (κ3) is 3.48. The summed E-state index contributed by atoms with van der Waals surface area (Å²) in [5.74, 6) is -0.185. The van der Waals surface area contributed by atoms with Crippen LogP contribution in [-0.4, -0.2) is 22.7 Å². The second kappa shape index (κ2) is 7.00. The van der Waals surface area contributed by atoms with Gasteiger partial charge in [-0.15, -0.1) is 0 Å². The van der Waals surface area contributed by atoms with Gasteiger partial charge < -0.3 is 15.2 Å². The number of nitrogens with one attached hydrogen (secondary N) is 1. The Bertz CT molecular complexity index is 853. The lowest BCUT2D eigenvalue weighted by Gasteiger charge is -2.42. The van der Waals surface area contributed by atoms with Gasteiger partial charge in [0.25, 0.3) is 5.91 Å². The maximum atomic E-state index is 13.4. The average Bonchev–Trinajstić information content (AvgIpc) is 2.60. The lowest BCUT2D eigenvalue weighted by atomic mass is 9.85. The van der Waals surface area contributed by atoms with Crippen molar-refractivity contribution in [2.45, 2.75) is 44.9 Å². The van der Waals surface area contributed by atoms with Crippen molar-refractivity contribution in [2.24, 2.45) is 0 Å². The highest BCUT2D eigenvalue weighted by atomic mass is 79.9. The zero-order chi connectivity index (χ0) is 19.1. The fraction of sp³-hybridized carbons (Fsp3) is 0.350. The van der Waals surface area contributed by atoms with E-state index < -0.39 is 23.6 Å². The summed E-state index contributed by atoms with van der Waals surface area (Å²) in [4.78, 5) is 12.7. The maximum absolute atomic E-state index is 13.4. The predicted molar refractivity (Wildman–Crippen MR) is 101 cm³/mol. The molecule has 2 unspecified atom stereocenters. The molecule has 0 saturated heterocycles. The summed E-state index contributed by atoms with van der Waals surface area (Å²) in [7, 11) is 0. The van der Waals surface area contributed by atoms with Crippen LogP contribution in [0.5, 0.6) is 5.75 Å². The van der Waals surface area contributed by atoms with Crippen LogP contribution in [0.4, 0.5) is 4.39 Å². The van der Waals surface area contributed by atoms with Crippen LogP contribution < -0.4 is 10.1 Å². The number of amides is 1. The second-order valence-electron chi connectivity index (χ2n) is 6.96. The van der Waals surface area contributed by atoms with E-state index in [9.17, 15) is 14.3 Å². The molecule has 1 aliphatic rings. The van der Waals surface area contributed by atoms with Gasteiger partial charge in [0.15, 0.2) is 0 Å². The van der Waals surface area contributed by atoms with Gasteiger partial charge in [0, 0.05) is 11.1 Å². The van der Waals surface area contributed by atoms with Crippen molar-refractivity contribution in [1.82, 2.24) is 5.32 Å². The average molecular weight is 422 g/mol. The molecule has 0 aromatic heterocycles. The minimum atomic E-state index is -0.935. The first-order valence-electron chi connectivity index (χ1n) is 8.48.